The minimum absolute atomic E-state index is 0.0933. The fourth-order valence-corrected chi connectivity index (χ4v) is 3.47. The van der Waals surface area contributed by atoms with Crippen LogP contribution in [0.5, 0.6) is 11.5 Å². The van der Waals surface area contributed by atoms with Gasteiger partial charge in [0.15, 0.2) is 17.3 Å². The first-order valence-electron chi connectivity index (χ1n) is 7.26. The molecule has 3 aliphatic rings. The number of benzene rings is 1. The van der Waals surface area contributed by atoms with Crippen molar-refractivity contribution in [3.8, 4) is 11.5 Å². The Hall–Kier alpha value is -1.49. The average Bonchev–Trinajstić information content (AvgIpc) is 2.48. The lowest BCUT2D eigenvalue weighted by Crippen LogP contribution is -2.45. The van der Waals surface area contributed by atoms with E-state index in [1.807, 2.05) is 19.1 Å². The first-order chi connectivity index (χ1) is 10.1. The van der Waals surface area contributed by atoms with E-state index < -0.39 is 0 Å². The average molecular weight is 352 g/mol. The van der Waals surface area contributed by atoms with Gasteiger partial charge in [-0.3, -0.25) is 4.79 Å². The molecule has 1 aromatic rings. The summed E-state index contributed by atoms with van der Waals surface area (Å²) in [5.41, 5.74) is 1.65. The molecule has 0 aromatic heterocycles. The van der Waals surface area contributed by atoms with Gasteiger partial charge in [0.1, 0.15) is 0 Å². The standard InChI is InChI=1S/C16H18BrNO3/c1-2-21-14-9-10(7-12(17)16(14)20)8-13-15(19)11-3-5-18(13)6-4-11/h7-9,11,20H,2-6H2,1H3/b13-8-. The smallest absolute Gasteiger partial charge is 0.182 e. The molecule has 3 heterocycles. The van der Waals surface area contributed by atoms with Gasteiger partial charge < -0.3 is 14.7 Å². The van der Waals surface area contributed by atoms with E-state index in [2.05, 4.69) is 20.8 Å². The largest absolute Gasteiger partial charge is 0.503 e. The lowest BCUT2D eigenvalue weighted by Gasteiger charge is -2.41. The number of ketones is 1. The SMILES string of the molecule is CCOc1cc(/C=C2/C(=O)C3CCN2CC3)cc(Br)c1O. The van der Waals surface area contributed by atoms with Crippen LogP contribution in [0.2, 0.25) is 0 Å². The molecule has 0 saturated carbocycles. The maximum atomic E-state index is 12.4. The second-order valence-electron chi connectivity index (χ2n) is 5.44. The van der Waals surface area contributed by atoms with Gasteiger partial charge in [-0.25, -0.2) is 0 Å². The number of Topliss-reactive ketones (excluding diaryl/α,β-unsaturated/α-hetero) is 1. The van der Waals surface area contributed by atoms with Crippen molar-refractivity contribution in [3.05, 3.63) is 27.9 Å². The summed E-state index contributed by atoms with van der Waals surface area (Å²) in [4.78, 5) is 14.5. The van der Waals surface area contributed by atoms with Crippen molar-refractivity contribution in [3.63, 3.8) is 0 Å². The first kappa shape index (κ1) is 14.4. The number of allylic oxidation sites excluding steroid dienone is 1. The summed E-state index contributed by atoms with van der Waals surface area (Å²) in [5, 5.41) is 9.95. The van der Waals surface area contributed by atoms with Gasteiger partial charge in [-0.05, 0) is 59.5 Å². The third-order valence-electron chi connectivity index (χ3n) is 4.11. The third kappa shape index (κ3) is 2.67. The number of carbonyl (C=O) groups is 1. The van der Waals surface area contributed by atoms with Crippen LogP contribution in [-0.4, -0.2) is 35.5 Å². The van der Waals surface area contributed by atoms with Crippen LogP contribution in [-0.2, 0) is 4.79 Å². The fraction of sp³-hybridized carbons (Fsp3) is 0.438. The normalized spacial score (nSPS) is 20.4. The summed E-state index contributed by atoms with van der Waals surface area (Å²) in [6.45, 7) is 4.26. The van der Waals surface area contributed by atoms with Crippen LogP contribution < -0.4 is 4.74 Å². The number of ether oxygens (including phenoxy) is 1. The van der Waals surface area contributed by atoms with Crippen molar-refractivity contribution < 1.29 is 14.6 Å². The number of halogens is 1. The van der Waals surface area contributed by atoms with Crippen molar-refractivity contribution >= 4 is 27.8 Å². The monoisotopic (exact) mass is 351 g/mol. The number of hydrogen-bond donors (Lipinski definition) is 1. The van der Waals surface area contributed by atoms with E-state index in [1.165, 1.54) is 0 Å². The molecular formula is C16H18BrNO3. The zero-order chi connectivity index (χ0) is 15.0. The molecule has 3 aliphatic heterocycles. The highest BCUT2D eigenvalue weighted by Gasteiger charge is 2.36. The topological polar surface area (TPSA) is 49.8 Å². The van der Waals surface area contributed by atoms with Crippen molar-refractivity contribution in [1.29, 1.82) is 0 Å². The maximum Gasteiger partial charge on any atom is 0.182 e. The summed E-state index contributed by atoms with van der Waals surface area (Å²) in [5.74, 6) is 0.959. The van der Waals surface area contributed by atoms with Gasteiger partial charge in [0.2, 0.25) is 0 Å². The van der Waals surface area contributed by atoms with Crippen molar-refractivity contribution in [2.75, 3.05) is 19.7 Å². The van der Waals surface area contributed by atoms with E-state index in [1.54, 1.807) is 6.07 Å². The second kappa shape index (κ2) is 5.72. The summed E-state index contributed by atoms with van der Waals surface area (Å²) in [7, 11) is 0. The highest BCUT2D eigenvalue weighted by atomic mass is 79.9. The summed E-state index contributed by atoms with van der Waals surface area (Å²) >= 11 is 3.33. The van der Waals surface area contributed by atoms with Crippen molar-refractivity contribution in [2.45, 2.75) is 19.8 Å². The Morgan fingerprint density at radius 3 is 2.76 bits per heavy atom. The number of phenols is 1. The van der Waals surface area contributed by atoms with Gasteiger partial charge in [-0.15, -0.1) is 0 Å². The van der Waals surface area contributed by atoms with E-state index in [9.17, 15) is 9.90 Å². The first-order valence-corrected chi connectivity index (χ1v) is 8.05. The van der Waals surface area contributed by atoms with E-state index in [-0.39, 0.29) is 17.5 Å². The Kier molecular flexibility index (Phi) is 3.93. The molecule has 1 aromatic carbocycles. The minimum Gasteiger partial charge on any atom is -0.503 e. The number of fused-ring (bicyclic) bond motifs is 3. The molecule has 3 fully saturated rings. The van der Waals surface area contributed by atoms with Crippen LogP contribution >= 0.6 is 15.9 Å². The van der Waals surface area contributed by atoms with Gasteiger partial charge >= 0.3 is 0 Å². The van der Waals surface area contributed by atoms with Crippen LogP contribution in [0.15, 0.2) is 22.3 Å². The predicted molar refractivity (Wildman–Crippen MR) is 84.3 cm³/mol. The molecule has 1 N–H and O–H groups in total. The summed E-state index contributed by atoms with van der Waals surface area (Å²) < 4.78 is 6.00. The van der Waals surface area contributed by atoms with E-state index in [0.717, 1.165) is 37.2 Å². The lowest BCUT2D eigenvalue weighted by atomic mass is 9.84. The third-order valence-corrected chi connectivity index (χ3v) is 4.72. The quantitative estimate of drug-likeness (QED) is 0.849. The fourth-order valence-electron chi connectivity index (χ4n) is 3.01. The molecule has 0 amide bonds. The van der Waals surface area contributed by atoms with Crippen molar-refractivity contribution in [1.82, 2.24) is 4.90 Å². The Labute approximate surface area is 132 Å². The van der Waals surface area contributed by atoms with Gasteiger partial charge in [0.25, 0.3) is 0 Å². The van der Waals surface area contributed by atoms with Gasteiger partial charge in [-0.1, -0.05) is 0 Å². The molecule has 0 spiro atoms. The molecule has 0 aliphatic carbocycles. The predicted octanol–water partition coefficient (Wildman–Crippen LogP) is 3.19. The molecule has 5 heteroatoms. The number of aromatic hydroxyl groups is 1. The molecule has 0 unspecified atom stereocenters. The Balaban J connectivity index is 1.97. The van der Waals surface area contributed by atoms with Gasteiger partial charge in [-0.2, -0.15) is 0 Å². The summed E-state index contributed by atoms with van der Waals surface area (Å²) in [6.07, 6.45) is 3.85. The summed E-state index contributed by atoms with van der Waals surface area (Å²) in [6, 6.07) is 3.58. The van der Waals surface area contributed by atoms with Crippen LogP contribution in [0.3, 0.4) is 0 Å². The zero-order valence-electron chi connectivity index (χ0n) is 11.9. The number of phenolic OH excluding ortho intramolecular Hbond substituents is 1. The van der Waals surface area contributed by atoms with Gasteiger partial charge in [0.05, 0.1) is 16.8 Å². The zero-order valence-corrected chi connectivity index (χ0v) is 13.5. The molecule has 2 bridgehead atoms. The highest BCUT2D eigenvalue weighted by Crippen LogP contribution is 2.37. The number of carbonyl (C=O) groups excluding carboxylic acids is 1. The highest BCUT2D eigenvalue weighted by molar-refractivity contribution is 9.10. The van der Waals surface area contributed by atoms with Crippen LogP contribution in [0.1, 0.15) is 25.3 Å². The molecule has 0 atom stereocenters. The van der Waals surface area contributed by atoms with Crippen LogP contribution in [0, 0.1) is 5.92 Å². The Morgan fingerprint density at radius 1 is 1.43 bits per heavy atom. The number of piperidine rings is 3. The Bertz CT molecular complexity index is 604. The lowest BCUT2D eigenvalue weighted by molar-refractivity contribution is -0.125. The molecular weight excluding hydrogens is 334 g/mol. The number of hydrogen-bond acceptors (Lipinski definition) is 4. The van der Waals surface area contributed by atoms with E-state index in [0.29, 0.717) is 16.8 Å². The molecule has 0 radical (unpaired) electrons. The molecule has 112 valence electrons. The van der Waals surface area contributed by atoms with Gasteiger partial charge in [0, 0.05) is 19.0 Å². The van der Waals surface area contributed by atoms with E-state index >= 15 is 0 Å². The molecule has 4 nitrogen and oxygen atoms in total. The van der Waals surface area contributed by atoms with E-state index in [4.69, 9.17) is 4.74 Å². The number of nitrogens with zero attached hydrogens (tertiary/aromatic N) is 1. The molecule has 4 rings (SSSR count). The van der Waals surface area contributed by atoms with Crippen LogP contribution in [0.25, 0.3) is 6.08 Å². The maximum absolute atomic E-state index is 12.4. The molecule has 3 saturated heterocycles. The van der Waals surface area contributed by atoms with Crippen molar-refractivity contribution in [2.24, 2.45) is 5.92 Å². The minimum atomic E-state index is 0.0933. The molecule has 21 heavy (non-hydrogen) atoms. The second-order valence-corrected chi connectivity index (χ2v) is 6.29. The van der Waals surface area contributed by atoms with Crippen LogP contribution in [0.4, 0.5) is 0 Å². The number of rotatable bonds is 3. The Morgan fingerprint density at radius 2 is 2.14 bits per heavy atom.